The van der Waals surface area contributed by atoms with E-state index in [-0.39, 0.29) is 0 Å². The van der Waals surface area contributed by atoms with Crippen LogP contribution in [0.2, 0.25) is 0 Å². The first-order chi connectivity index (χ1) is 19.7. The van der Waals surface area contributed by atoms with Gasteiger partial charge in [0.1, 0.15) is 11.3 Å². The fourth-order valence-corrected chi connectivity index (χ4v) is 5.45. The van der Waals surface area contributed by atoms with Crippen LogP contribution in [0.3, 0.4) is 0 Å². The molecule has 0 saturated carbocycles. The molecule has 0 bridgehead atoms. The van der Waals surface area contributed by atoms with Gasteiger partial charge in [0, 0.05) is 30.0 Å². The van der Waals surface area contributed by atoms with Gasteiger partial charge in [0.25, 0.3) is 0 Å². The predicted molar refractivity (Wildman–Crippen MR) is 163 cm³/mol. The second kappa shape index (κ2) is 11.8. The lowest BCUT2D eigenvalue weighted by molar-refractivity contribution is 0.191. The maximum atomic E-state index is 6.32. The molecule has 0 amide bonds. The highest BCUT2D eigenvalue weighted by Gasteiger charge is 2.20. The van der Waals surface area contributed by atoms with Crippen LogP contribution in [0.1, 0.15) is 24.8 Å². The largest absolute Gasteiger partial charge is 0.383 e. The first-order valence-corrected chi connectivity index (χ1v) is 14.0. The Morgan fingerprint density at radius 2 is 1.73 bits per heavy atom. The van der Waals surface area contributed by atoms with Crippen LogP contribution >= 0.6 is 0 Å². The maximum absolute atomic E-state index is 6.32. The minimum absolute atomic E-state index is 0.446. The van der Waals surface area contributed by atoms with Gasteiger partial charge in [-0.2, -0.15) is 0 Å². The summed E-state index contributed by atoms with van der Waals surface area (Å²) < 4.78 is 2.10. The van der Waals surface area contributed by atoms with E-state index in [4.69, 9.17) is 15.7 Å². The highest BCUT2D eigenvalue weighted by atomic mass is 15.1. The molecule has 3 aromatic heterocycles. The fourth-order valence-electron chi connectivity index (χ4n) is 5.45. The van der Waals surface area contributed by atoms with Crippen LogP contribution in [0, 0.1) is 0 Å². The number of rotatable bonds is 9. The molecule has 202 valence electrons. The number of pyridine rings is 2. The monoisotopic (exact) mass is 529 g/mol. The van der Waals surface area contributed by atoms with Crippen molar-refractivity contribution >= 4 is 17.0 Å². The molecule has 0 aliphatic carbocycles. The Morgan fingerprint density at radius 3 is 2.48 bits per heavy atom. The zero-order valence-electron chi connectivity index (χ0n) is 22.7. The van der Waals surface area contributed by atoms with Gasteiger partial charge < -0.3 is 11.1 Å². The van der Waals surface area contributed by atoms with Gasteiger partial charge >= 0.3 is 0 Å². The lowest BCUT2D eigenvalue weighted by Crippen LogP contribution is -2.42. The number of nitrogen functional groups attached to an aromatic ring is 1. The summed E-state index contributed by atoms with van der Waals surface area (Å²) >= 11 is 0. The van der Waals surface area contributed by atoms with Crippen molar-refractivity contribution in [3.05, 3.63) is 103 Å². The molecule has 7 heteroatoms. The average Bonchev–Trinajstić information content (AvgIpc) is 3.38. The predicted octanol–water partition coefficient (Wildman–Crippen LogP) is 5.86. The minimum atomic E-state index is 0.446. The molecular weight excluding hydrogens is 494 g/mol. The molecule has 5 aromatic rings. The normalized spacial score (nSPS) is 14.5. The summed E-state index contributed by atoms with van der Waals surface area (Å²) in [6.45, 7) is 8.00. The number of imidazole rings is 1. The lowest BCUT2D eigenvalue weighted by atomic mass is 10.0. The van der Waals surface area contributed by atoms with Gasteiger partial charge in [-0.1, -0.05) is 48.5 Å². The van der Waals surface area contributed by atoms with Crippen molar-refractivity contribution < 1.29 is 0 Å². The quantitative estimate of drug-likeness (QED) is 0.184. The smallest absolute Gasteiger partial charge is 0.165 e. The van der Waals surface area contributed by atoms with Crippen LogP contribution in [-0.4, -0.2) is 50.1 Å². The molecule has 0 spiro atoms. The fraction of sp³-hybridized carbons (Fsp3) is 0.242. The Hall–Kier alpha value is -4.33. The molecule has 1 aliphatic rings. The number of piperidine rings is 1. The van der Waals surface area contributed by atoms with Crippen LogP contribution < -0.4 is 11.1 Å². The van der Waals surface area contributed by atoms with Gasteiger partial charge in [0.15, 0.2) is 11.5 Å². The molecule has 3 N–H and O–H groups in total. The molecule has 6 rings (SSSR count). The Balaban J connectivity index is 1.29. The third-order valence-corrected chi connectivity index (χ3v) is 7.62. The SMILES string of the molecule is C=CCCNC1CCN(Cc2ccc(-n3c(-c4cccnc4N)nc4ccc(-c5ccccc5)nc43)cc2)CC1. The zero-order chi connectivity index (χ0) is 27.3. The van der Waals surface area contributed by atoms with Crippen molar-refractivity contribution in [1.29, 1.82) is 0 Å². The molecular formula is C33H35N7. The molecule has 0 atom stereocenters. The summed E-state index contributed by atoms with van der Waals surface area (Å²) in [5.74, 6) is 1.18. The highest BCUT2D eigenvalue weighted by Crippen LogP contribution is 2.32. The molecule has 0 radical (unpaired) electrons. The van der Waals surface area contributed by atoms with Crippen LogP contribution in [-0.2, 0) is 6.54 Å². The Morgan fingerprint density at radius 1 is 0.925 bits per heavy atom. The third-order valence-electron chi connectivity index (χ3n) is 7.62. The van der Waals surface area contributed by atoms with E-state index in [2.05, 4.69) is 62.7 Å². The summed E-state index contributed by atoms with van der Waals surface area (Å²) in [5.41, 5.74) is 13.0. The van der Waals surface area contributed by atoms with E-state index in [1.54, 1.807) is 6.20 Å². The standard InChI is InChI=1S/C33H35N7/c1-2-3-19-35-26-17-21-39(22-18-26)23-24-11-13-27(14-12-24)40-32(28-10-7-20-36-31(28)34)38-30-16-15-29(37-33(30)40)25-8-5-4-6-9-25/h2,4-16,20,26,35H,1,3,17-19,21-23H2,(H2,34,36). The number of fused-ring (bicyclic) bond motifs is 1. The van der Waals surface area contributed by atoms with Crippen molar-refractivity contribution in [1.82, 2.24) is 29.7 Å². The van der Waals surface area contributed by atoms with Crippen molar-refractivity contribution in [2.24, 2.45) is 0 Å². The maximum Gasteiger partial charge on any atom is 0.165 e. The van der Waals surface area contributed by atoms with E-state index in [1.807, 2.05) is 48.5 Å². The Bertz CT molecular complexity index is 1580. The van der Waals surface area contributed by atoms with Crippen molar-refractivity contribution in [3.8, 4) is 28.3 Å². The van der Waals surface area contributed by atoms with Gasteiger partial charge in [0.2, 0.25) is 0 Å². The molecule has 7 nitrogen and oxygen atoms in total. The van der Waals surface area contributed by atoms with E-state index in [9.17, 15) is 0 Å². The number of hydrogen-bond acceptors (Lipinski definition) is 6. The number of likely N-dealkylation sites (tertiary alicyclic amines) is 1. The number of benzene rings is 2. The van der Waals surface area contributed by atoms with Gasteiger partial charge in [-0.25, -0.2) is 15.0 Å². The highest BCUT2D eigenvalue weighted by molar-refractivity contribution is 5.84. The van der Waals surface area contributed by atoms with E-state index >= 15 is 0 Å². The number of anilines is 1. The second-order valence-corrected chi connectivity index (χ2v) is 10.4. The first kappa shape index (κ1) is 25.9. The van der Waals surface area contributed by atoms with E-state index in [0.717, 1.165) is 72.1 Å². The third kappa shape index (κ3) is 5.52. The van der Waals surface area contributed by atoms with E-state index in [1.165, 1.54) is 18.4 Å². The molecule has 0 unspecified atom stereocenters. The van der Waals surface area contributed by atoms with Crippen molar-refractivity contribution in [2.45, 2.75) is 31.8 Å². The number of nitrogens with two attached hydrogens (primary N) is 1. The molecule has 1 saturated heterocycles. The summed E-state index contributed by atoms with van der Waals surface area (Å²) in [5, 5.41) is 3.66. The molecule has 1 fully saturated rings. The van der Waals surface area contributed by atoms with Gasteiger partial charge in [-0.15, -0.1) is 6.58 Å². The van der Waals surface area contributed by atoms with Crippen molar-refractivity contribution in [3.63, 3.8) is 0 Å². The van der Waals surface area contributed by atoms with Crippen LogP contribution in [0.15, 0.2) is 97.7 Å². The van der Waals surface area contributed by atoms with Crippen LogP contribution in [0.5, 0.6) is 0 Å². The van der Waals surface area contributed by atoms with Crippen molar-refractivity contribution in [2.75, 3.05) is 25.4 Å². The number of aromatic nitrogens is 4. The number of nitrogens with one attached hydrogen (secondary N) is 1. The topological polar surface area (TPSA) is 84.9 Å². The van der Waals surface area contributed by atoms with Crippen LogP contribution in [0.4, 0.5) is 5.82 Å². The second-order valence-electron chi connectivity index (χ2n) is 10.4. The number of hydrogen-bond donors (Lipinski definition) is 2. The summed E-state index contributed by atoms with van der Waals surface area (Å²) in [4.78, 5) is 16.9. The van der Waals surface area contributed by atoms with Gasteiger partial charge in [-0.05, 0) is 80.9 Å². The van der Waals surface area contributed by atoms with E-state index < -0.39 is 0 Å². The zero-order valence-corrected chi connectivity index (χ0v) is 22.7. The summed E-state index contributed by atoms with van der Waals surface area (Å²) in [7, 11) is 0. The lowest BCUT2D eigenvalue weighted by Gasteiger charge is -2.32. The van der Waals surface area contributed by atoms with E-state index in [0.29, 0.717) is 11.9 Å². The molecule has 40 heavy (non-hydrogen) atoms. The Kier molecular flexibility index (Phi) is 7.66. The molecule has 1 aliphatic heterocycles. The van der Waals surface area contributed by atoms with Gasteiger partial charge in [0.05, 0.1) is 11.3 Å². The molecule has 4 heterocycles. The Labute approximate surface area is 235 Å². The number of nitrogens with zero attached hydrogens (tertiary/aromatic N) is 5. The summed E-state index contributed by atoms with van der Waals surface area (Å²) in [6.07, 6.45) is 7.07. The minimum Gasteiger partial charge on any atom is -0.383 e. The average molecular weight is 530 g/mol. The molecule has 2 aromatic carbocycles. The first-order valence-electron chi connectivity index (χ1n) is 14.0. The summed E-state index contributed by atoms with van der Waals surface area (Å²) in [6, 6.07) is 27.5. The van der Waals surface area contributed by atoms with Gasteiger partial charge in [-0.3, -0.25) is 9.47 Å². The van der Waals surface area contributed by atoms with Crippen LogP contribution in [0.25, 0.3) is 39.5 Å².